The second-order valence-corrected chi connectivity index (χ2v) is 8.07. The van der Waals surface area contributed by atoms with Crippen molar-refractivity contribution in [2.45, 2.75) is 39.7 Å². The fourth-order valence-electron chi connectivity index (χ4n) is 3.44. The molecule has 8 nitrogen and oxygen atoms in total. The molecular formula is C26H32N4O4. The van der Waals surface area contributed by atoms with E-state index in [1.54, 1.807) is 36.4 Å². The molecule has 3 rings (SSSR count). The largest absolute Gasteiger partial charge is 0.484 e. The van der Waals surface area contributed by atoms with Gasteiger partial charge in [-0.05, 0) is 56.9 Å². The van der Waals surface area contributed by atoms with E-state index < -0.39 is 0 Å². The van der Waals surface area contributed by atoms with Gasteiger partial charge in [-0.15, -0.1) is 0 Å². The molecule has 2 heterocycles. The predicted molar refractivity (Wildman–Crippen MR) is 131 cm³/mol. The van der Waals surface area contributed by atoms with Crippen molar-refractivity contribution >= 4 is 17.6 Å². The van der Waals surface area contributed by atoms with E-state index >= 15 is 0 Å². The Labute approximate surface area is 200 Å². The third-order valence-corrected chi connectivity index (χ3v) is 5.59. The van der Waals surface area contributed by atoms with Crippen molar-refractivity contribution < 1.29 is 18.7 Å². The zero-order valence-corrected chi connectivity index (χ0v) is 20.0. The Morgan fingerprint density at radius 3 is 2.82 bits per heavy atom. The highest BCUT2D eigenvalue weighted by atomic mass is 16.5. The average Bonchev–Trinajstić information content (AvgIpc) is 3.39. The summed E-state index contributed by atoms with van der Waals surface area (Å²) in [6, 6.07) is 6.99. The molecule has 2 amide bonds. The third kappa shape index (κ3) is 7.43. The van der Waals surface area contributed by atoms with Gasteiger partial charge in [-0.2, -0.15) is 0 Å². The lowest BCUT2D eigenvalue weighted by atomic mass is 9.94. The number of ether oxygens (including phenoxy) is 1. The lowest BCUT2D eigenvalue weighted by Gasteiger charge is -2.19. The van der Waals surface area contributed by atoms with Crippen LogP contribution >= 0.6 is 0 Å². The maximum Gasteiger partial charge on any atom is 0.269 e. The van der Waals surface area contributed by atoms with Gasteiger partial charge in [-0.3, -0.25) is 14.6 Å². The zero-order valence-electron chi connectivity index (χ0n) is 20.0. The molecule has 0 fully saturated rings. The van der Waals surface area contributed by atoms with Gasteiger partial charge < -0.3 is 19.4 Å². The SMILES string of the molecule is CCN=C(C)N(C)C(=O)CCC1=CCC(CNC(=O)c2ccc(OCc3ccco3)cn2)C=C1. The topological polar surface area (TPSA) is 97.0 Å². The Balaban J connectivity index is 1.38. The number of aromatic nitrogens is 1. The van der Waals surface area contributed by atoms with Crippen molar-refractivity contribution in [3.8, 4) is 5.75 Å². The summed E-state index contributed by atoms with van der Waals surface area (Å²) in [6.07, 6.45) is 11.3. The van der Waals surface area contributed by atoms with Crippen LogP contribution in [-0.2, 0) is 11.4 Å². The summed E-state index contributed by atoms with van der Waals surface area (Å²) < 4.78 is 10.8. The maximum atomic E-state index is 12.4. The van der Waals surface area contributed by atoms with Crippen LogP contribution in [0, 0.1) is 5.92 Å². The molecule has 1 aliphatic carbocycles. The van der Waals surface area contributed by atoms with Crippen molar-refractivity contribution in [1.29, 1.82) is 0 Å². The molecular weight excluding hydrogens is 432 g/mol. The number of carbonyl (C=O) groups excluding carboxylic acids is 2. The number of amides is 2. The number of furan rings is 1. The Kier molecular flexibility index (Phi) is 9.20. The quantitative estimate of drug-likeness (QED) is 0.421. The molecule has 34 heavy (non-hydrogen) atoms. The van der Waals surface area contributed by atoms with Gasteiger partial charge >= 0.3 is 0 Å². The average molecular weight is 465 g/mol. The molecule has 2 aromatic heterocycles. The smallest absolute Gasteiger partial charge is 0.269 e. The maximum absolute atomic E-state index is 12.4. The number of nitrogens with zero attached hydrogens (tertiary/aromatic N) is 3. The van der Waals surface area contributed by atoms with Gasteiger partial charge in [0.05, 0.1) is 12.5 Å². The van der Waals surface area contributed by atoms with Crippen LogP contribution in [0.5, 0.6) is 5.75 Å². The number of hydrogen-bond donors (Lipinski definition) is 1. The first kappa shape index (κ1) is 25.0. The molecule has 0 saturated heterocycles. The van der Waals surface area contributed by atoms with E-state index in [2.05, 4.69) is 27.4 Å². The van der Waals surface area contributed by atoms with E-state index in [1.165, 1.54) is 6.20 Å². The number of aliphatic imine (C=N–C) groups is 1. The summed E-state index contributed by atoms with van der Waals surface area (Å²) in [5.74, 6) is 2.07. The summed E-state index contributed by atoms with van der Waals surface area (Å²) in [5, 5.41) is 2.94. The van der Waals surface area contributed by atoms with Crippen LogP contribution in [0.4, 0.5) is 0 Å². The monoisotopic (exact) mass is 464 g/mol. The van der Waals surface area contributed by atoms with Crippen molar-refractivity contribution in [2.24, 2.45) is 10.9 Å². The number of carbonyl (C=O) groups is 2. The van der Waals surface area contributed by atoms with Crippen LogP contribution in [0.1, 0.15) is 49.4 Å². The summed E-state index contributed by atoms with van der Waals surface area (Å²) in [6.45, 7) is 5.29. The van der Waals surface area contributed by atoms with Crippen molar-refractivity contribution in [2.75, 3.05) is 20.1 Å². The van der Waals surface area contributed by atoms with Gasteiger partial charge in [-0.1, -0.05) is 23.8 Å². The summed E-state index contributed by atoms with van der Waals surface area (Å²) >= 11 is 0. The number of amidine groups is 1. The number of rotatable bonds is 10. The van der Waals surface area contributed by atoms with E-state index in [4.69, 9.17) is 9.15 Å². The molecule has 2 aromatic rings. The van der Waals surface area contributed by atoms with E-state index in [9.17, 15) is 9.59 Å². The van der Waals surface area contributed by atoms with Crippen molar-refractivity contribution in [3.63, 3.8) is 0 Å². The van der Waals surface area contributed by atoms with Crippen LogP contribution in [0.25, 0.3) is 0 Å². The molecule has 1 aliphatic rings. The highest BCUT2D eigenvalue weighted by Crippen LogP contribution is 2.20. The van der Waals surface area contributed by atoms with E-state index in [1.807, 2.05) is 26.0 Å². The lowest BCUT2D eigenvalue weighted by Crippen LogP contribution is -2.31. The minimum atomic E-state index is -0.224. The lowest BCUT2D eigenvalue weighted by molar-refractivity contribution is -0.126. The number of allylic oxidation sites excluding steroid dienone is 3. The standard InChI is InChI=1S/C26H32N4O4/c1-4-27-19(2)30(3)25(31)14-11-20-7-9-21(10-8-20)16-29-26(32)24-13-12-22(17-28-24)34-18-23-6-5-15-33-23/h5-9,12-13,15,17,21H,4,10-11,14,16,18H2,1-3H3,(H,29,32). The van der Waals surface area contributed by atoms with Gasteiger partial charge in [-0.25, -0.2) is 4.98 Å². The van der Waals surface area contributed by atoms with E-state index in [0.717, 1.165) is 23.6 Å². The summed E-state index contributed by atoms with van der Waals surface area (Å²) in [5.41, 5.74) is 1.48. The number of nitrogens with one attached hydrogen (secondary N) is 1. The van der Waals surface area contributed by atoms with E-state index in [-0.39, 0.29) is 17.7 Å². The summed E-state index contributed by atoms with van der Waals surface area (Å²) in [4.78, 5) is 34.8. The molecule has 1 unspecified atom stereocenters. The molecule has 8 heteroatoms. The minimum Gasteiger partial charge on any atom is -0.484 e. The minimum absolute atomic E-state index is 0.0586. The third-order valence-electron chi connectivity index (χ3n) is 5.59. The Morgan fingerprint density at radius 1 is 1.32 bits per heavy atom. The Hall–Kier alpha value is -3.68. The second kappa shape index (κ2) is 12.5. The molecule has 1 N–H and O–H groups in total. The molecule has 0 radical (unpaired) electrons. The van der Waals surface area contributed by atoms with Crippen LogP contribution in [0.3, 0.4) is 0 Å². The molecule has 0 aliphatic heterocycles. The van der Waals surface area contributed by atoms with Crippen molar-refractivity contribution in [3.05, 3.63) is 72.0 Å². The predicted octanol–water partition coefficient (Wildman–Crippen LogP) is 4.16. The second-order valence-electron chi connectivity index (χ2n) is 8.07. The Morgan fingerprint density at radius 2 is 2.18 bits per heavy atom. The molecule has 1 atom stereocenters. The molecule has 0 bridgehead atoms. The Bertz CT molecular complexity index is 1040. The molecule has 0 spiro atoms. The zero-order chi connectivity index (χ0) is 24.3. The fraction of sp³-hybridized carbons (Fsp3) is 0.385. The summed E-state index contributed by atoms with van der Waals surface area (Å²) in [7, 11) is 1.76. The number of hydrogen-bond acceptors (Lipinski definition) is 6. The van der Waals surface area contributed by atoms with Gasteiger partial charge in [0.15, 0.2) is 0 Å². The van der Waals surface area contributed by atoms with Gasteiger partial charge in [0.1, 0.15) is 29.6 Å². The van der Waals surface area contributed by atoms with Crippen molar-refractivity contribution in [1.82, 2.24) is 15.2 Å². The highest BCUT2D eigenvalue weighted by Gasteiger charge is 2.15. The van der Waals surface area contributed by atoms with Crippen LogP contribution in [0.15, 0.2) is 69.9 Å². The fourth-order valence-corrected chi connectivity index (χ4v) is 3.44. The first-order valence-electron chi connectivity index (χ1n) is 11.5. The number of pyridine rings is 1. The van der Waals surface area contributed by atoms with Gasteiger partial charge in [0.25, 0.3) is 5.91 Å². The van der Waals surface area contributed by atoms with Gasteiger partial charge in [0.2, 0.25) is 5.91 Å². The van der Waals surface area contributed by atoms with Crippen LogP contribution in [-0.4, -0.2) is 47.7 Å². The highest BCUT2D eigenvalue weighted by molar-refractivity contribution is 5.96. The normalized spacial score (nSPS) is 15.6. The molecule has 180 valence electrons. The first-order chi connectivity index (χ1) is 16.5. The first-order valence-corrected chi connectivity index (χ1v) is 11.5. The van der Waals surface area contributed by atoms with Gasteiger partial charge in [0, 0.05) is 26.6 Å². The van der Waals surface area contributed by atoms with Crippen LogP contribution in [0.2, 0.25) is 0 Å². The van der Waals surface area contributed by atoms with E-state index in [0.29, 0.717) is 44.0 Å². The molecule has 0 aromatic carbocycles. The van der Waals surface area contributed by atoms with Crippen LogP contribution < -0.4 is 10.1 Å². The molecule has 0 saturated carbocycles.